The second-order valence-corrected chi connectivity index (χ2v) is 10.5. The van der Waals surface area contributed by atoms with Crippen LogP contribution < -0.4 is 9.64 Å². The van der Waals surface area contributed by atoms with Crippen molar-refractivity contribution in [3.63, 3.8) is 0 Å². The third-order valence-electron chi connectivity index (χ3n) is 7.36. The van der Waals surface area contributed by atoms with Gasteiger partial charge in [0.1, 0.15) is 17.1 Å². The van der Waals surface area contributed by atoms with E-state index < -0.39 is 0 Å². The van der Waals surface area contributed by atoms with Gasteiger partial charge in [0.25, 0.3) is 11.8 Å². The molecule has 0 saturated carbocycles. The fourth-order valence-electron chi connectivity index (χ4n) is 5.09. The number of amides is 2. The van der Waals surface area contributed by atoms with Gasteiger partial charge in [-0.1, -0.05) is 11.6 Å². The minimum Gasteiger partial charge on any atom is -0.484 e. The van der Waals surface area contributed by atoms with Gasteiger partial charge < -0.3 is 19.4 Å². The minimum atomic E-state index is -0.324. The average molecular weight is 575 g/mol. The first-order valence-electron chi connectivity index (χ1n) is 13.6. The van der Waals surface area contributed by atoms with Crippen molar-refractivity contribution in [2.75, 3.05) is 50.8 Å². The van der Waals surface area contributed by atoms with Crippen LogP contribution in [-0.2, 0) is 4.79 Å². The van der Waals surface area contributed by atoms with Gasteiger partial charge in [-0.3, -0.25) is 9.59 Å². The van der Waals surface area contributed by atoms with Crippen molar-refractivity contribution in [3.05, 3.63) is 77.3 Å². The number of anilines is 1. The van der Waals surface area contributed by atoms with Gasteiger partial charge in [-0.25, -0.2) is 19.3 Å². The highest BCUT2D eigenvalue weighted by atomic mass is 35.5. The Labute approximate surface area is 241 Å². The van der Waals surface area contributed by atoms with Gasteiger partial charge in [0, 0.05) is 49.9 Å². The molecule has 4 heterocycles. The van der Waals surface area contributed by atoms with E-state index in [0.717, 1.165) is 18.4 Å². The van der Waals surface area contributed by atoms with Crippen LogP contribution in [0.15, 0.2) is 60.7 Å². The van der Waals surface area contributed by atoms with Gasteiger partial charge in [0.2, 0.25) is 5.82 Å². The molecule has 0 aliphatic carbocycles. The molecule has 6 rings (SSSR count). The molecule has 0 unspecified atom stereocenters. The van der Waals surface area contributed by atoms with Crippen molar-refractivity contribution in [2.45, 2.75) is 12.8 Å². The van der Waals surface area contributed by atoms with Gasteiger partial charge in [-0.2, -0.15) is 0 Å². The fourth-order valence-corrected chi connectivity index (χ4v) is 5.22. The van der Waals surface area contributed by atoms with Crippen LogP contribution in [-0.4, -0.2) is 82.4 Å². The number of pyridine rings is 1. The Morgan fingerprint density at radius 1 is 0.805 bits per heavy atom. The highest BCUT2D eigenvalue weighted by Gasteiger charge is 2.28. The molecular formula is C30H28ClFN6O3. The van der Waals surface area contributed by atoms with Crippen molar-refractivity contribution < 1.29 is 18.7 Å². The van der Waals surface area contributed by atoms with Crippen LogP contribution in [0, 0.1) is 5.82 Å². The minimum absolute atomic E-state index is 0.0743. The van der Waals surface area contributed by atoms with Crippen molar-refractivity contribution in [1.29, 1.82) is 0 Å². The summed E-state index contributed by atoms with van der Waals surface area (Å²) in [7, 11) is 0. The van der Waals surface area contributed by atoms with Gasteiger partial charge in [-0.15, -0.1) is 0 Å². The highest BCUT2D eigenvalue weighted by Crippen LogP contribution is 2.28. The number of ether oxygens (including phenoxy) is 1. The van der Waals surface area contributed by atoms with E-state index in [1.54, 1.807) is 46.2 Å². The number of hydrogen-bond donors (Lipinski definition) is 0. The number of rotatable bonds is 6. The Balaban J connectivity index is 1.24. The van der Waals surface area contributed by atoms with Gasteiger partial charge in [-0.05, 0) is 73.5 Å². The van der Waals surface area contributed by atoms with Gasteiger partial charge >= 0.3 is 0 Å². The molecule has 0 atom stereocenters. The summed E-state index contributed by atoms with van der Waals surface area (Å²) in [6.45, 7) is 3.22. The Hall–Kier alpha value is -4.31. The fraction of sp³-hybridized carbons (Fsp3) is 0.300. The molecule has 2 saturated heterocycles. The number of carbonyl (C=O) groups is 2. The molecule has 2 amide bonds. The van der Waals surface area contributed by atoms with Crippen molar-refractivity contribution in [3.8, 4) is 17.0 Å². The van der Waals surface area contributed by atoms with Crippen LogP contribution in [0.2, 0.25) is 5.02 Å². The summed E-state index contributed by atoms with van der Waals surface area (Å²) >= 11 is 5.92. The molecule has 2 aliphatic heterocycles. The molecule has 0 bridgehead atoms. The van der Waals surface area contributed by atoms with E-state index in [-0.39, 0.29) is 30.1 Å². The van der Waals surface area contributed by atoms with Gasteiger partial charge in [0.05, 0.1) is 11.2 Å². The van der Waals surface area contributed by atoms with E-state index in [1.807, 2.05) is 17.0 Å². The summed E-state index contributed by atoms with van der Waals surface area (Å²) < 4.78 is 19.2. The molecule has 0 radical (unpaired) electrons. The van der Waals surface area contributed by atoms with E-state index in [1.165, 1.54) is 12.1 Å². The van der Waals surface area contributed by atoms with Crippen LogP contribution in [0.1, 0.15) is 23.5 Å². The first-order valence-corrected chi connectivity index (χ1v) is 14.0. The molecule has 9 nitrogen and oxygen atoms in total. The zero-order valence-electron chi connectivity index (χ0n) is 22.3. The van der Waals surface area contributed by atoms with E-state index in [9.17, 15) is 14.0 Å². The van der Waals surface area contributed by atoms with E-state index in [2.05, 4.69) is 4.98 Å². The number of carbonyl (C=O) groups excluding carboxylic acids is 2. The Kier molecular flexibility index (Phi) is 7.65. The summed E-state index contributed by atoms with van der Waals surface area (Å²) in [5, 5.41) is 0.599. The molecular weight excluding hydrogens is 547 g/mol. The highest BCUT2D eigenvalue weighted by molar-refractivity contribution is 6.30. The summed E-state index contributed by atoms with van der Waals surface area (Å²) in [5.74, 6) is 0.628. The van der Waals surface area contributed by atoms with Crippen LogP contribution in [0.4, 0.5) is 10.2 Å². The molecule has 0 N–H and O–H groups in total. The monoisotopic (exact) mass is 574 g/mol. The lowest BCUT2D eigenvalue weighted by atomic mass is 10.1. The topological polar surface area (TPSA) is 91.8 Å². The average Bonchev–Trinajstić information content (AvgIpc) is 3.55. The number of aromatic nitrogens is 3. The zero-order chi connectivity index (χ0) is 28.3. The molecule has 4 aromatic rings. The summed E-state index contributed by atoms with van der Waals surface area (Å²) in [6, 6.07) is 16.6. The lowest BCUT2D eigenvalue weighted by Gasteiger charge is -2.35. The van der Waals surface area contributed by atoms with Crippen LogP contribution in [0.25, 0.3) is 22.3 Å². The predicted octanol–water partition coefficient (Wildman–Crippen LogP) is 4.45. The van der Waals surface area contributed by atoms with Gasteiger partial charge in [0.15, 0.2) is 12.4 Å². The van der Waals surface area contributed by atoms with E-state index >= 15 is 0 Å². The molecule has 2 fully saturated rings. The number of piperazine rings is 1. The Morgan fingerprint density at radius 3 is 2.22 bits per heavy atom. The van der Waals surface area contributed by atoms with Crippen molar-refractivity contribution in [1.82, 2.24) is 24.8 Å². The molecule has 41 heavy (non-hydrogen) atoms. The number of likely N-dealkylation sites (tertiary alicyclic amines) is 1. The third-order valence-corrected chi connectivity index (χ3v) is 7.61. The summed E-state index contributed by atoms with van der Waals surface area (Å²) in [5.41, 5.74) is 2.51. The molecule has 11 heteroatoms. The number of nitrogens with zero attached hydrogens (tertiary/aromatic N) is 6. The maximum atomic E-state index is 13.5. The number of halogens is 2. The summed E-state index contributed by atoms with van der Waals surface area (Å²) in [4.78, 5) is 45.8. The lowest BCUT2D eigenvalue weighted by Crippen LogP contribution is -2.50. The number of hydrogen-bond acceptors (Lipinski definition) is 7. The SMILES string of the molecule is O=C(COc1ccc(Cl)cc1)N1CCN(c2nc(C(=O)N3CCCC3)nc3ccc(-c4ccc(F)cc4)nc23)CC1. The second-order valence-electron chi connectivity index (χ2n) is 10.1. The molecule has 2 aromatic heterocycles. The first-order chi connectivity index (χ1) is 19.9. The predicted molar refractivity (Wildman–Crippen MR) is 154 cm³/mol. The Morgan fingerprint density at radius 2 is 1.51 bits per heavy atom. The summed E-state index contributed by atoms with van der Waals surface area (Å²) in [6.07, 6.45) is 1.93. The lowest BCUT2D eigenvalue weighted by molar-refractivity contribution is -0.133. The van der Waals surface area contributed by atoms with Crippen LogP contribution in [0.5, 0.6) is 5.75 Å². The van der Waals surface area contributed by atoms with Crippen LogP contribution in [0.3, 0.4) is 0 Å². The third kappa shape index (κ3) is 5.92. The smallest absolute Gasteiger partial charge is 0.291 e. The number of fused-ring (bicyclic) bond motifs is 1. The molecule has 0 spiro atoms. The Bertz CT molecular complexity index is 1570. The molecule has 2 aliphatic rings. The first kappa shape index (κ1) is 26.9. The maximum Gasteiger partial charge on any atom is 0.291 e. The molecule has 2 aromatic carbocycles. The maximum absolute atomic E-state index is 13.5. The largest absolute Gasteiger partial charge is 0.484 e. The quantitative estimate of drug-likeness (QED) is 0.336. The second kappa shape index (κ2) is 11.7. The normalized spacial score (nSPS) is 15.4. The molecule has 210 valence electrons. The standard InChI is InChI=1S/C30H28ClFN6O3/c31-21-5-9-23(10-6-21)41-19-26(39)36-15-17-37(18-16-36)29-27-25(34-28(35-29)30(40)38-13-1-2-14-38)12-11-24(33-27)20-3-7-22(32)8-4-20/h3-12H,1-2,13-19H2. The van der Waals surface area contributed by atoms with E-state index in [4.69, 9.17) is 26.3 Å². The number of benzene rings is 2. The van der Waals surface area contributed by atoms with Crippen molar-refractivity contribution in [2.24, 2.45) is 0 Å². The zero-order valence-corrected chi connectivity index (χ0v) is 23.1. The van der Waals surface area contributed by atoms with Crippen LogP contribution >= 0.6 is 11.6 Å². The van der Waals surface area contributed by atoms with Crippen molar-refractivity contribution >= 4 is 40.3 Å². The van der Waals surface area contributed by atoms with E-state index in [0.29, 0.717) is 72.6 Å².